The highest BCUT2D eigenvalue weighted by molar-refractivity contribution is 6.41. The molecule has 0 saturated carbocycles. The Balaban J connectivity index is 3.46. The third-order valence-corrected chi connectivity index (χ3v) is 2.52. The molecule has 0 fully saturated rings. The Labute approximate surface area is 79.5 Å². The van der Waals surface area contributed by atoms with Crippen molar-refractivity contribution in [2.75, 3.05) is 0 Å². The number of hydrogen-bond acceptors (Lipinski definition) is 1. The standard InChI is InChI=1S/C7H5Cl3O/c1-3-4(8)2-5(9)7(11)6(3)10/h2,11H,1H3. The van der Waals surface area contributed by atoms with Gasteiger partial charge in [-0.05, 0) is 18.6 Å². The minimum atomic E-state index is -0.116. The van der Waals surface area contributed by atoms with Crippen LogP contribution in [0.2, 0.25) is 15.1 Å². The van der Waals surface area contributed by atoms with Crippen LogP contribution in [0.5, 0.6) is 5.75 Å². The van der Waals surface area contributed by atoms with Crippen LogP contribution in [0.4, 0.5) is 0 Å². The molecule has 1 nitrogen and oxygen atoms in total. The first-order chi connectivity index (χ1) is 5.04. The number of benzene rings is 1. The van der Waals surface area contributed by atoms with Crippen molar-refractivity contribution in [2.45, 2.75) is 6.92 Å². The zero-order valence-corrected chi connectivity index (χ0v) is 7.93. The smallest absolute Gasteiger partial charge is 0.153 e. The van der Waals surface area contributed by atoms with Crippen molar-refractivity contribution in [3.63, 3.8) is 0 Å². The van der Waals surface area contributed by atoms with Crippen molar-refractivity contribution >= 4 is 34.8 Å². The molecule has 0 amide bonds. The molecule has 1 N–H and O–H groups in total. The van der Waals surface area contributed by atoms with Crippen molar-refractivity contribution in [1.29, 1.82) is 0 Å². The van der Waals surface area contributed by atoms with E-state index in [0.29, 0.717) is 10.6 Å². The summed E-state index contributed by atoms with van der Waals surface area (Å²) in [5, 5.41) is 10.0. The molecule has 60 valence electrons. The molecule has 0 radical (unpaired) electrons. The lowest BCUT2D eigenvalue weighted by Crippen LogP contribution is -1.79. The van der Waals surface area contributed by atoms with E-state index in [2.05, 4.69) is 0 Å². The molecule has 11 heavy (non-hydrogen) atoms. The van der Waals surface area contributed by atoms with Crippen LogP contribution >= 0.6 is 34.8 Å². The number of hydrogen-bond donors (Lipinski definition) is 1. The van der Waals surface area contributed by atoms with E-state index in [0.717, 1.165) is 0 Å². The molecule has 0 aromatic heterocycles. The Hall–Kier alpha value is -0.110. The third-order valence-electron chi connectivity index (χ3n) is 1.38. The summed E-state index contributed by atoms with van der Waals surface area (Å²) < 4.78 is 0. The van der Waals surface area contributed by atoms with Crippen molar-refractivity contribution in [3.05, 3.63) is 26.7 Å². The molecule has 0 heterocycles. The Morgan fingerprint density at radius 3 is 2.27 bits per heavy atom. The van der Waals surface area contributed by atoms with Gasteiger partial charge in [0.25, 0.3) is 0 Å². The summed E-state index contributed by atoms with van der Waals surface area (Å²) >= 11 is 17.0. The van der Waals surface area contributed by atoms with E-state index in [-0.39, 0.29) is 15.8 Å². The first kappa shape index (κ1) is 8.98. The van der Waals surface area contributed by atoms with E-state index in [1.165, 1.54) is 6.07 Å². The Bertz CT molecular complexity index is 270. The van der Waals surface area contributed by atoms with Gasteiger partial charge in [-0.15, -0.1) is 0 Å². The molecular weight excluding hydrogens is 206 g/mol. The number of phenolic OH excluding ortho intramolecular Hbond substituents is 1. The van der Waals surface area contributed by atoms with Gasteiger partial charge < -0.3 is 5.11 Å². The first-order valence-corrected chi connectivity index (χ1v) is 4.00. The maximum absolute atomic E-state index is 9.19. The maximum Gasteiger partial charge on any atom is 0.153 e. The lowest BCUT2D eigenvalue weighted by molar-refractivity contribution is 0.475. The molecule has 0 aliphatic carbocycles. The minimum absolute atomic E-state index is 0.116. The van der Waals surface area contributed by atoms with E-state index >= 15 is 0 Å². The summed E-state index contributed by atoms with van der Waals surface area (Å²) in [7, 11) is 0. The van der Waals surface area contributed by atoms with Crippen LogP contribution in [0.1, 0.15) is 5.56 Å². The van der Waals surface area contributed by atoms with Crippen molar-refractivity contribution in [1.82, 2.24) is 0 Å². The van der Waals surface area contributed by atoms with Gasteiger partial charge in [-0.2, -0.15) is 0 Å². The minimum Gasteiger partial charge on any atom is -0.505 e. The number of rotatable bonds is 0. The number of halogens is 3. The SMILES string of the molecule is Cc1c(Cl)cc(Cl)c(O)c1Cl. The summed E-state index contributed by atoms with van der Waals surface area (Å²) in [5.41, 5.74) is 0.634. The lowest BCUT2D eigenvalue weighted by atomic mass is 10.2. The van der Waals surface area contributed by atoms with E-state index < -0.39 is 0 Å². The highest BCUT2D eigenvalue weighted by Crippen LogP contribution is 2.37. The van der Waals surface area contributed by atoms with Gasteiger partial charge in [0, 0.05) is 5.02 Å². The second kappa shape index (κ2) is 3.10. The summed E-state index contributed by atoms with van der Waals surface area (Å²) in [4.78, 5) is 0. The van der Waals surface area contributed by atoms with Crippen LogP contribution in [0, 0.1) is 6.92 Å². The van der Waals surface area contributed by atoms with E-state index in [4.69, 9.17) is 34.8 Å². The molecule has 0 spiro atoms. The van der Waals surface area contributed by atoms with Crippen molar-refractivity contribution in [2.24, 2.45) is 0 Å². The Morgan fingerprint density at radius 1 is 1.18 bits per heavy atom. The second-order valence-electron chi connectivity index (χ2n) is 2.13. The predicted molar refractivity (Wildman–Crippen MR) is 47.9 cm³/mol. The molecular formula is C7H5Cl3O. The van der Waals surface area contributed by atoms with Gasteiger partial charge in [0.2, 0.25) is 0 Å². The Morgan fingerprint density at radius 2 is 1.73 bits per heavy atom. The zero-order valence-electron chi connectivity index (χ0n) is 5.66. The molecule has 1 aromatic carbocycles. The van der Waals surface area contributed by atoms with Gasteiger partial charge in [-0.3, -0.25) is 0 Å². The largest absolute Gasteiger partial charge is 0.505 e. The van der Waals surface area contributed by atoms with Gasteiger partial charge >= 0.3 is 0 Å². The van der Waals surface area contributed by atoms with Crippen LogP contribution in [-0.4, -0.2) is 5.11 Å². The average Bonchev–Trinajstić information content (AvgIpc) is 1.97. The molecule has 0 atom stereocenters. The van der Waals surface area contributed by atoms with Gasteiger partial charge in [0.05, 0.1) is 10.0 Å². The summed E-state index contributed by atoms with van der Waals surface area (Å²) in [5.74, 6) is -0.116. The molecule has 0 bridgehead atoms. The summed E-state index contributed by atoms with van der Waals surface area (Å²) in [6.07, 6.45) is 0. The third kappa shape index (κ3) is 1.56. The zero-order chi connectivity index (χ0) is 8.59. The molecule has 1 aromatic rings. The van der Waals surface area contributed by atoms with Gasteiger partial charge in [0.15, 0.2) is 5.75 Å². The average molecular weight is 211 g/mol. The molecule has 0 unspecified atom stereocenters. The number of aromatic hydroxyl groups is 1. The van der Waals surface area contributed by atoms with Gasteiger partial charge in [0.1, 0.15) is 0 Å². The number of phenols is 1. The van der Waals surface area contributed by atoms with E-state index in [9.17, 15) is 5.11 Å². The topological polar surface area (TPSA) is 20.2 Å². The van der Waals surface area contributed by atoms with Crippen molar-refractivity contribution < 1.29 is 5.11 Å². The van der Waals surface area contributed by atoms with Crippen molar-refractivity contribution in [3.8, 4) is 5.75 Å². The monoisotopic (exact) mass is 210 g/mol. The fourth-order valence-corrected chi connectivity index (χ4v) is 1.44. The predicted octanol–water partition coefficient (Wildman–Crippen LogP) is 3.66. The fraction of sp³-hybridized carbons (Fsp3) is 0.143. The normalized spacial score (nSPS) is 10.2. The quantitative estimate of drug-likeness (QED) is 0.694. The highest BCUT2D eigenvalue weighted by atomic mass is 35.5. The van der Waals surface area contributed by atoms with Crippen LogP contribution < -0.4 is 0 Å². The maximum atomic E-state index is 9.19. The van der Waals surface area contributed by atoms with Crippen LogP contribution in [0.3, 0.4) is 0 Å². The Kier molecular flexibility index (Phi) is 2.53. The molecule has 1 rings (SSSR count). The first-order valence-electron chi connectivity index (χ1n) is 2.87. The van der Waals surface area contributed by atoms with E-state index in [1.54, 1.807) is 6.92 Å². The molecule has 0 aliphatic heterocycles. The molecule has 0 saturated heterocycles. The van der Waals surface area contributed by atoms with Gasteiger partial charge in [-0.25, -0.2) is 0 Å². The highest BCUT2D eigenvalue weighted by Gasteiger charge is 2.09. The summed E-state index contributed by atoms with van der Waals surface area (Å²) in [6, 6.07) is 1.46. The van der Waals surface area contributed by atoms with Crippen LogP contribution in [0.25, 0.3) is 0 Å². The van der Waals surface area contributed by atoms with E-state index in [1.807, 2.05) is 0 Å². The van der Waals surface area contributed by atoms with Crippen LogP contribution in [0.15, 0.2) is 6.07 Å². The lowest BCUT2D eigenvalue weighted by Gasteiger charge is -2.04. The van der Waals surface area contributed by atoms with Crippen LogP contribution in [-0.2, 0) is 0 Å². The second-order valence-corrected chi connectivity index (χ2v) is 3.32. The molecule has 4 heteroatoms. The summed E-state index contributed by atoms with van der Waals surface area (Å²) in [6.45, 7) is 1.71. The molecule has 0 aliphatic rings. The van der Waals surface area contributed by atoms with Gasteiger partial charge in [-0.1, -0.05) is 34.8 Å². The fourth-order valence-electron chi connectivity index (χ4n) is 0.675.